The molecule has 1 rings (SSSR count). The van der Waals surface area contributed by atoms with Crippen molar-refractivity contribution in [3.8, 4) is 5.75 Å². The maximum Gasteiger partial charge on any atom is 0.326 e. The van der Waals surface area contributed by atoms with E-state index in [-0.39, 0.29) is 12.0 Å². The molecule has 0 aliphatic carbocycles. The minimum atomic E-state index is -1.11. The zero-order chi connectivity index (χ0) is 14.6. The van der Waals surface area contributed by atoms with E-state index in [2.05, 4.69) is 0 Å². The zero-order valence-corrected chi connectivity index (χ0v) is 11.0. The molecule has 0 saturated heterocycles. The molecule has 1 aromatic rings. The number of carboxylic acid groups (broad SMARTS) is 1. The molecule has 5 nitrogen and oxygen atoms in total. The van der Waals surface area contributed by atoms with Crippen molar-refractivity contribution in [3.05, 3.63) is 29.6 Å². The topological polar surface area (TPSA) is 66.8 Å². The van der Waals surface area contributed by atoms with Gasteiger partial charge in [-0.1, -0.05) is 6.07 Å². The van der Waals surface area contributed by atoms with Crippen molar-refractivity contribution in [2.75, 3.05) is 14.2 Å². The number of halogens is 1. The van der Waals surface area contributed by atoms with Crippen molar-refractivity contribution in [1.29, 1.82) is 0 Å². The molecule has 1 amide bonds. The van der Waals surface area contributed by atoms with Crippen LogP contribution < -0.4 is 4.74 Å². The van der Waals surface area contributed by atoms with E-state index in [1.807, 2.05) is 0 Å². The lowest BCUT2D eigenvalue weighted by atomic mass is 10.1. The maximum atomic E-state index is 13.7. The Morgan fingerprint density at radius 1 is 1.47 bits per heavy atom. The summed E-state index contributed by atoms with van der Waals surface area (Å²) in [6.45, 7) is 1.39. The number of amides is 1. The monoisotopic (exact) mass is 269 g/mol. The molecule has 0 bridgehead atoms. The number of hydrogen-bond acceptors (Lipinski definition) is 3. The molecule has 104 valence electrons. The maximum absolute atomic E-state index is 13.7. The van der Waals surface area contributed by atoms with Crippen LogP contribution in [0.25, 0.3) is 0 Å². The third-order valence-electron chi connectivity index (χ3n) is 2.93. The molecule has 1 N–H and O–H groups in total. The van der Waals surface area contributed by atoms with E-state index < -0.39 is 23.7 Å². The Morgan fingerprint density at radius 2 is 2.11 bits per heavy atom. The Morgan fingerprint density at radius 3 is 2.58 bits per heavy atom. The number of rotatable bonds is 5. The van der Waals surface area contributed by atoms with Gasteiger partial charge >= 0.3 is 5.97 Å². The van der Waals surface area contributed by atoms with Gasteiger partial charge in [-0.15, -0.1) is 0 Å². The van der Waals surface area contributed by atoms with Crippen LogP contribution in [0.15, 0.2) is 18.2 Å². The van der Waals surface area contributed by atoms with E-state index in [1.165, 1.54) is 33.2 Å². The van der Waals surface area contributed by atoms with Gasteiger partial charge in [0.15, 0.2) is 0 Å². The van der Waals surface area contributed by atoms with Crippen LogP contribution in [0.5, 0.6) is 5.75 Å². The summed E-state index contributed by atoms with van der Waals surface area (Å²) in [7, 11) is 2.80. The number of hydrogen-bond donors (Lipinski definition) is 1. The molecule has 1 unspecified atom stereocenters. The molecule has 1 atom stereocenters. The van der Waals surface area contributed by atoms with Crippen LogP contribution in [0.4, 0.5) is 4.39 Å². The number of ether oxygens (including phenoxy) is 1. The molecule has 0 aromatic heterocycles. The molecule has 19 heavy (non-hydrogen) atoms. The molecule has 0 spiro atoms. The normalized spacial score (nSPS) is 11.8. The standard InChI is InChI=1S/C13H16FNO4/c1-8(13(17)18)15(2)12(16)6-9-4-5-10(19-3)7-11(9)14/h4-5,7-8H,6H2,1-3H3,(H,17,18). The van der Waals surface area contributed by atoms with E-state index in [9.17, 15) is 14.0 Å². The molecule has 0 radical (unpaired) electrons. The van der Waals surface area contributed by atoms with Crippen LogP contribution in [0.3, 0.4) is 0 Å². The second-order valence-corrected chi connectivity index (χ2v) is 4.15. The van der Waals surface area contributed by atoms with Gasteiger partial charge in [-0.2, -0.15) is 0 Å². The number of likely N-dealkylation sites (N-methyl/N-ethyl adjacent to an activating group) is 1. The number of carbonyl (C=O) groups is 2. The van der Waals surface area contributed by atoms with Crippen molar-refractivity contribution in [2.24, 2.45) is 0 Å². The lowest BCUT2D eigenvalue weighted by Gasteiger charge is -2.21. The fraction of sp³-hybridized carbons (Fsp3) is 0.385. The van der Waals surface area contributed by atoms with E-state index in [0.717, 1.165) is 4.90 Å². The number of carboxylic acids is 1. The summed E-state index contributed by atoms with van der Waals surface area (Å²) in [5.74, 6) is -1.75. The molecule has 0 fully saturated rings. The van der Waals surface area contributed by atoms with Crippen molar-refractivity contribution in [2.45, 2.75) is 19.4 Å². The van der Waals surface area contributed by atoms with Gasteiger partial charge in [0.25, 0.3) is 0 Å². The largest absolute Gasteiger partial charge is 0.497 e. The second kappa shape index (κ2) is 6.17. The van der Waals surface area contributed by atoms with E-state index in [1.54, 1.807) is 6.07 Å². The van der Waals surface area contributed by atoms with Crippen molar-refractivity contribution in [1.82, 2.24) is 4.90 Å². The first-order valence-electron chi connectivity index (χ1n) is 5.67. The van der Waals surface area contributed by atoms with Crippen LogP contribution in [0, 0.1) is 5.82 Å². The Kier molecular flexibility index (Phi) is 4.86. The zero-order valence-electron chi connectivity index (χ0n) is 11.0. The van der Waals surface area contributed by atoms with Gasteiger partial charge in [0.2, 0.25) is 5.91 Å². The third kappa shape index (κ3) is 3.67. The van der Waals surface area contributed by atoms with Gasteiger partial charge in [-0.3, -0.25) is 4.79 Å². The summed E-state index contributed by atoms with van der Waals surface area (Å²) in [5, 5.41) is 8.81. The second-order valence-electron chi connectivity index (χ2n) is 4.15. The number of carbonyl (C=O) groups excluding carboxylic acids is 1. The smallest absolute Gasteiger partial charge is 0.326 e. The Bertz CT molecular complexity index is 490. The predicted octanol–water partition coefficient (Wildman–Crippen LogP) is 1.31. The Balaban J connectivity index is 2.79. The fourth-order valence-electron chi connectivity index (χ4n) is 1.47. The predicted molar refractivity (Wildman–Crippen MR) is 66.5 cm³/mol. The van der Waals surface area contributed by atoms with Crippen LogP contribution in [0.1, 0.15) is 12.5 Å². The third-order valence-corrected chi connectivity index (χ3v) is 2.93. The average Bonchev–Trinajstić information content (AvgIpc) is 2.38. The Labute approximate surface area is 110 Å². The molecular formula is C13H16FNO4. The lowest BCUT2D eigenvalue weighted by Crippen LogP contribution is -2.41. The van der Waals surface area contributed by atoms with Gasteiger partial charge in [0.05, 0.1) is 13.5 Å². The average molecular weight is 269 g/mol. The van der Waals surface area contributed by atoms with Crippen LogP contribution >= 0.6 is 0 Å². The van der Waals surface area contributed by atoms with Gasteiger partial charge in [-0.05, 0) is 18.6 Å². The van der Waals surface area contributed by atoms with Crippen LogP contribution in [-0.4, -0.2) is 42.1 Å². The van der Waals surface area contributed by atoms with Crippen LogP contribution in [0.2, 0.25) is 0 Å². The molecular weight excluding hydrogens is 253 g/mol. The molecule has 0 aliphatic rings. The van der Waals surface area contributed by atoms with Crippen molar-refractivity contribution >= 4 is 11.9 Å². The van der Waals surface area contributed by atoms with Crippen LogP contribution in [-0.2, 0) is 16.0 Å². The van der Waals surface area contributed by atoms with E-state index in [4.69, 9.17) is 9.84 Å². The molecule has 1 aromatic carbocycles. The summed E-state index contributed by atoms with van der Waals surface area (Å²) < 4.78 is 18.5. The Hall–Kier alpha value is -2.11. The van der Waals surface area contributed by atoms with Crippen molar-refractivity contribution < 1.29 is 23.8 Å². The first-order valence-corrected chi connectivity index (χ1v) is 5.67. The summed E-state index contributed by atoms with van der Waals surface area (Å²) in [6.07, 6.45) is -0.191. The number of nitrogens with zero attached hydrogens (tertiary/aromatic N) is 1. The molecule has 0 saturated carbocycles. The van der Waals surface area contributed by atoms with E-state index in [0.29, 0.717) is 5.75 Å². The van der Waals surface area contributed by atoms with Gasteiger partial charge in [0.1, 0.15) is 17.6 Å². The number of benzene rings is 1. The first-order chi connectivity index (χ1) is 8.86. The first kappa shape index (κ1) is 14.9. The highest BCUT2D eigenvalue weighted by Crippen LogP contribution is 2.17. The summed E-state index contributed by atoms with van der Waals surface area (Å²) in [6, 6.07) is 3.23. The summed E-state index contributed by atoms with van der Waals surface area (Å²) in [5.41, 5.74) is 0.204. The minimum Gasteiger partial charge on any atom is -0.497 e. The SMILES string of the molecule is COc1ccc(CC(=O)N(C)C(C)C(=O)O)c(F)c1. The molecule has 6 heteroatoms. The molecule has 0 aliphatic heterocycles. The van der Waals surface area contributed by atoms with Crippen molar-refractivity contribution in [3.63, 3.8) is 0 Å². The van der Waals surface area contributed by atoms with Gasteiger partial charge in [0, 0.05) is 13.1 Å². The summed E-state index contributed by atoms with van der Waals surface area (Å²) >= 11 is 0. The summed E-state index contributed by atoms with van der Waals surface area (Å²) in [4.78, 5) is 23.7. The minimum absolute atomic E-state index is 0.191. The number of aliphatic carboxylic acids is 1. The fourth-order valence-corrected chi connectivity index (χ4v) is 1.47. The van der Waals surface area contributed by atoms with Gasteiger partial charge < -0.3 is 14.7 Å². The quantitative estimate of drug-likeness (QED) is 0.875. The number of methoxy groups -OCH3 is 1. The highest BCUT2D eigenvalue weighted by Gasteiger charge is 2.22. The van der Waals surface area contributed by atoms with E-state index >= 15 is 0 Å². The highest BCUT2D eigenvalue weighted by atomic mass is 19.1. The van der Waals surface area contributed by atoms with Gasteiger partial charge in [-0.25, -0.2) is 9.18 Å². The lowest BCUT2D eigenvalue weighted by molar-refractivity contribution is -0.148. The molecule has 0 heterocycles. The highest BCUT2D eigenvalue weighted by molar-refractivity contribution is 5.84.